The van der Waals surface area contributed by atoms with Crippen LogP contribution in [0.3, 0.4) is 0 Å². The van der Waals surface area contributed by atoms with Crippen LogP contribution in [0.4, 0.5) is 5.69 Å². The van der Waals surface area contributed by atoms with Gasteiger partial charge in [0.05, 0.1) is 17.8 Å². The fraction of sp³-hybridized carbons (Fsp3) is 0.318. The predicted molar refractivity (Wildman–Crippen MR) is 117 cm³/mol. The monoisotopic (exact) mass is 424 g/mol. The summed E-state index contributed by atoms with van der Waals surface area (Å²) >= 11 is 1.51. The maximum atomic E-state index is 11.6. The molecule has 7 nitrogen and oxygen atoms in total. The lowest BCUT2D eigenvalue weighted by Gasteiger charge is -2.13. The van der Waals surface area contributed by atoms with Gasteiger partial charge in [0, 0.05) is 11.1 Å². The maximum Gasteiger partial charge on any atom is 0.246 e. The number of anilines is 1. The number of nitrogens with zero attached hydrogens (tertiary/aromatic N) is 2. The van der Waals surface area contributed by atoms with E-state index >= 15 is 0 Å². The molecule has 1 amide bonds. The maximum absolute atomic E-state index is 11.6. The number of hydrogen-bond acceptors (Lipinski definition) is 7. The molecule has 0 spiro atoms. The number of aliphatic hydroxyl groups is 1. The van der Waals surface area contributed by atoms with Gasteiger partial charge in [-0.25, -0.2) is 0 Å². The van der Waals surface area contributed by atoms with E-state index < -0.39 is 6.61 Å². The van der Waals surface area contributed by atoms with E-state index in [9.17, 15) is 4.79 Å². The lowest BCUT2D eigenvalue weighted by Crippen LogP contribution is -2.29. The molecule has 8 heteroatoms. The number of hydrogen-bond donors (Lipinski definition) is 3. The molecule has 0 aliphatic heterocycles. The van der Waals surface area contributed by atoms with Gasteiger partial charge in [0.15, 0.2) is 0 Å². The van der Waals surface area contributed by atoms with E-state index in [1.54, 1.807) is 0 Å². The number of rotatable bonds is 6. The van der Waals surface area contributed by atoms with Gasteiger partial charge in [-0.3, -0.25) is 4.79 Å². The lowest BCUT2D eigenvalue weighted by atomic mass is 10.0. The Balaban J connectivity index is 1.61. The highest BCUT2D eigenvalue weighted by atomic mass is 32.1. The van der Waals surface area contributed by atoms with E-state index in [4.69, 9.17) is 15.6 Å². The Bertz CT molecular complexity index is 1080. The average molecular weight is 425 g/mol. The van der Waals surface area contributed by atoms with Gasteiger partial charge in [-0.15, -0.1) is 10.2 Å². The molecule has 0 fully saturated rings. The molecule has 0 unspecified atom stereocenters. The Morgan fingerprint density at radius 2 is 2.10 bits per heavy atom. The van der Waals surface area contributed by atoms with Gasteiger partial charge in [-0.1, -0.05) is 29.5 Å². The van der Waals surface area contributed by atoms with Gasteiger partial charge in [-0.05, 0) is 56.0 Å². The number of ether oxygens (including phenoxy) is 1. The Morgan fingerprint density at radius 3 is 2.83 bits per heavy atom. The zero-order valence-electron chi connectivity index (χ0n) is 16.9. The molecule has 1 heterocycles. The SMILES string of the molecule is CC(C)Oc1ccc(-c2nnc(-c3cccc4c3CC[C@@H]4NC(=O)CO)s2)cc1N. The van der Waals surface area contributed by atoms with Crippen LogP contribution < -0.4 is 15.8 Å². The van der Waals surface area contributed by atoms with Crippen LogP contribution in [-0.4, -0.2) is 33.9 Å². The lowest BCUT2D eigenvalue weighted by molar-refractivity contribution is -0.124. The third kappa shape index (κ3) is 4.01. The van der Waals surface area contributed by atoms with Crippen LogP contribution in [-0.2, 0) is 11.2 Å². The van der Waals surface area contributed by atoms with Crippen molar-refractivity contribution in [3.63, 3.8) is 0 Å². The summed E-state index contributed by atoms with van der Waals surface area (Å²) in [6.07, 6.45) is 1.69. The van der Waals surface area contributed by atoms with Crippen LogP contribution >= 0.6 is 11.3 Å². The van der Waals surface area contributed by atoms with Crippen molar-refractivity contribution in [3.8, 4) is 26.9 Å². The number of nitrogens with one attached hydrogen (secondary N) is 1. The number of benzene rings is 2. The van der Waals surface area contributed by atoms with E-state index in [0.29, 0.717) is 11.4 Å². The molecule has 0 radical (unpaired) electrons. The summed E-state index contributed by atoms with van der Waals surface area (Å²) in [4.78, 5) is 11.6. The summed E-state index contributed by atoms with van der Waals surface area (Å²) in [5.74, 6) is 0.300. The molecule has 0 saturated heterocycles. The zero-order valence-corrected chi connectivity index (χ0v) is 17.7. The molecular formula is C22H24N4O3S. The van der Waals surface area contributed by atoms with Crippen molar-refractivity contribution in [2.45, 2.75) is 38.8 Å². The molecule has 4 N–H and O–H groups in total. The summed E-state index contributed by atoms with van der Waals surface area (Å²) in [5, 5.41) is 22.3. The highest BCUT2D eigenvalue weighted by Crippen LogP contribution is 2.40. The number of fused-ring (bicyclic) bond motifs is 1. The van der Waals surface area contributed by atoms with Crippen molar-refractivity contribution in [3.05, 3.63) is 47.5 Å². The Labute approximate surface area is 178 Å². The van der Waals surface area contributed by atoms with Crippen molar-refractivity contribution in [1.82, 2.24) is 15.5 Å². The predicted octanol–water partition coefficient (Wildman–Crippen LogP) is 3.34. The first-order chi connectivity index (χ1) is 14.5. The largest absolute Gasteiger partial charge is 0.489 e. The van der Waals surface area contributed by atoms with Gasteiger partial charge in [0.2, 0.25) is 5.91 Å². The molecule has 0 bridgehead atoms. The zero-order chi connectivity index (χ0) is 21.3. The van der Waals surface area contributed by atoms with E-state index in [1.807, 2.05) is 50.2 Å². The van der Waals surface area contributed by atoms with Crippen LogP contribution in [0, 0.1) is 0 Å². The minimum Gasteiger partial charge on any atom is -0.489 e. The molecule has 1 aromatic heterocycles. The van der Waals surface area contributed by atoms with Gasteiger partial charge in [-0.2, -0.15) is 0 Å². The van der Waals surface area contributed by atoms with E-state index in [2.05, 4.69) is 15.5 Å². The first-order valence-electron chi connectivity index (χ1n) is 9.88. The molecular weight excluding hydrogens is 400 g/mol. The second kappa shape index (κ2) is 8.41. The van der Waals surface area contributed by atoms with E-state index in [-0.39, 0.29) is 18.1 Å². The number of carbonyl (C=O) groups is 1. The smallest absolute Gasteiger partial charge is 0.246 e. The summed E-state index contributed by atoms with van der Waals surface area (Å²) in [6.45, 7) is 3.42. The topological polar surface area (TPSA) is 110 Å². The Morgan fingerprint density at radius 1 is 1.30 bits per heavy atom. The number of carbonyl (C=O) groups excluding carboxylic acids is 1. The number of nitrogens with two attached hydrogens (primary N) is 1. The molecule has 2 aromatic carbocycles. The first kappa shape index (κ1) is 20.3. The fourth-order valence-electron chi connectivity index (χ4n) is 3.74. The van der Waals surface area contributed by atoms with Crippen molar-refractivity contribution >= 4 is 22.9 Å². The highest BCUT2D eigenvalue weighted by Gasteiger charge is 2.27. The number of aliphatic hydroxyl groups excluding tert-OH is 1. The number of nitrogen functional groups attached to an aromatic ring is 1. The first-order valence-corrected chi connectivity index (χ1v) is 10.7. The second-order valence-corrected chi connectivity index (χ2v) is 8.50. The van der Waals surface area contributed by atoms with Gasteiger partial charge in [0.1, 0.15) is 22.4 Å². The van der Waals surface area contributed by atoms with Crippen LogP contribution in [0.1, 0.15) is 37.4 Å². The van der Waals surface area contributed by atoms with Crippen molar-refractivity contribution in [1.29, 1.82) is 0 Å². The van der Waals surface area contributed by atoms with Crippen molar-refractivity contribution < 1.29 is 14.6 Å². The normalized spacial score (nSPS) is 15.3. The van der Waals surface area contributed by atoms with Crippen LogP contribution in [0.2, 0.25) is 0 Å². The molecule has 1 aliphatic rings. The van der Waals surface area contributed by atoms with Crippen LogP contribution in [0.25, 0.3) is 21.1 Å². The van der Waals surface area contributed by atoms with Gasteiger partial charge < -0.3 is 20.9 Å². The minimum atomic E-state index is -0.505. The Hall–Kier alpha value is -2.97. The summed E-state index contributed by atoms with van der Waals surface area (Å²) < 4.78 is 5.70. The van der Waals surface area contributed by atoms with E-state index in [1.165, 1.54) is 16.9 Å². The molecule has 4 rings (SSSR count). The molecule has 0 saturated carbocycles. The second-order valence-electron chi connectivity index (χ2n) is 7.52. The quantitative estimate of drug-likeness (QED) is 0.524. The van der Waals surface area contributed by atoms with Crippen LogP contribution in [0.15, 0.2) is 36.4 Å². The summed E-state index contributed by atoms with van der Waals surface area (Å²) in [5.41, 5.74) is 10.9. The van der Waals surface area contributed by atoms with Crippen LogP contribution in [0.5, 0.6) is 5.75 Å². The van der Waals surface area contributed by atoms with Crippen molar-refractivity contribution in [2.24, 2.45) is 0 Å². The summed E-state index contributed by atoms with van der Waals surface area (Å²) in [6, 6.07) is 11.6. The van der Waals surface area contributed by atoms with Gasteiger partial charge in [0.25, 0.3) is 0 Å². The average Bonchev–Trinajstić information content (AvgIpc) is 3.37. The molecule has 1 aliphatic carbocycles. The van der Waals surface area contributed by atoms with Crippen molar-refractivity contribution in [2.75, 3.05) is 12.3 Å². The highest BCUT2D eigenvalue weighted by molar-refractivity contribution is 7.17. The molecule has 1 atom stereocenters. The van der Waals surface area contributed by atoms with E-state index in [0.717, 1.165) is 39.5 Å². The number of aromatic nitrogens is 2. The molecule has 156 valence electrons. The third-order valence-corrected chi connectivity index (χ3v) is 6.03. The third-order valence-electron chi connectivity index (χ3n) is 5.02. The molecule has 3 aromatic rings. The fourth-order valence-corrected chi connectivity index (χ4v) is 4.63. The minimum absolute atomic E-state index is 0.0532. The summed E-state index contributed by atoms with van der Waals surface area (Å²) in [7, 11) is 0. The standard InChI is InChI=1S/C22H24N4O3S/c1-12(2)29-19-9-6-13(10-17(19)23)21-25-26-22(30-21)16-5-3-4-15-14(16)7-8-18(15)24-20(28)11-27/h3-6,9-10,12,18,27H,7-8,11,23H2,1-2H3,(H,24,28)/t18-/m0/s1. The number of amides is 1. The van der Waals surface area contributed by atoms with Gasteiger partial charge >= 0.3 is 0 Å². The Kier molecular flexibility index (Phi) is 5.69. The molecule has 30 heavy (non-hydrogen) atoms.